The van der Waals surface area contributed by atoms with Crippen LogP contribution in [0, 0.1) is 5.82 Å². The van der Waals surface area contributed by atoms with E-state index in [2.05, 4.69) is 4.98 Å². The molecule has 100 valence electrons. The molecule has 2 aromatic carbocycles. The normalized spacial score (nSPS) is 10.7. The van der Waals surface area contributed by atoms with Crippen LogP contribution in [0.15, 0.2) is 66.0 Å². The molecule has 3 aromatic rings. The van der Waals surface area contributed by atoms with Crippen LogP contribution in [0.1, 0.15) is 0 Å². The largest absolute Gasteiger partial charge is 0.291 e. The van der Waals surface area contributed by atoms with Gasteiger partial charge in [0, 0.05) is 11.8 Å². The Morgan fingerprint density at radius 2 is 1.70 bits per heavy atom. The highest BCUT2D eigenvalue weighted by molar-refractivity contribution is 7.98. The van der Waals surface area contributed by atoms with Gasteiger partial charge >= 0.3 is 0 Å². The molecule has 20 heavy (non-hydrogen) atoms. The van der Waals surface area contributed by atoms with Crippen LogP contribution in [0.4, 0.5) is 4.39 Å². The predicted octanol–water partition coefficient (Wildman–Crippen LogP) is 4.40. The van der Waals surface area contributed by atoms with Crippen molar-refractivity contribution in [2.24, 2.45) is 0 Å². The second kappa shape index (κ2) is 5.51. The molecule has 0 fully saturated rings. The Morgan fingerprint density at radius 1 is 1.00 bits per heavy atom. The van der Waals surface area contributed by atoms with Crippen molar-refractivity contribution in [3.05, 3.63) is 66.6 Å². The highest BCUT2D eigenvalue weighted by atomic mass is 32.2. The number of para-hydroxylation sites is 1. The number of nitrogens with zero attached hydrogens (tertiary/aromatic N) is 2. The molecule has 1 heterocycles. The first-order valence-corrected chi connectivity index (χ1v) is 7.46. The minimum atomic E-state index is -0.250. The first kappa shape index (κ1) is 12.9. The number of halogens is 1. The standard InChI is InChI=1S/C16H13FN2S/c1-20-16-18-14(12-7-3-2-4-8-12)11-19(16)15-10-6-5-9-13(15)17/h2-11H,1H3. The molecule has 4 heteroatoms. The number of imidazole rings is 1. The Labute approximate surface area is 121 Å². The highest BCUT2D eigenvalue weighted by Gasteiger charge is 2.12. The monoisotopic (exact) mass is 284 g/mol. The average molecular weight is 284 g/mol. The smallest absolute Gasteiger partial charge is 0.173 e. The third-order valence-corrected chi connectivity index (χ3v) is 3.69. The minimum absolute atomic E-state index is 0.250. The number of rotatable bonds is 3. The molecule has 0 aliphatic heterocycles. The fourth-order valence-electron chi connectivity index (χ4n) is 2.07. The number of hydrogen-bond donors (Lipinski definition) is 0. The Kier molecular flexibility index (Phi) is 3.56. The molecule has 0 N–H and O–H groups in total. The molecule has 0 saturated heterocycles. The van der Waals surface area contributed by atoms with Crippen LogP contribution in [-0.2, 0) is 0 Å². The van der Waals surface area contributed by atoms with Crippen LogP contribution in [0.25, 0.3) is 16.9 Å². The summed E-state index contributed by atoms with van der Waals surface area (Å²) in [5.41, 5.74) is 2.39. The zero-order valence-corrected chi connectivity index (χ0v) is 11.8. The van der Waals surface area contributed by atoms with E-state index in [0.29, 0.717) is 5.69 Å². The summed E-state index contributed by atoms with van der Waals surface area (Å²) in [4.78, 5) is 4.58. The third-order valence-electron chi connectivity index (χ3n) is 3.04. The van der Waals surface area contributed by atoms with Crippen LogP contribution in [0.2, 0.25) is 0 Å². The van der Waals surface area contributed by atoms with Gasteiger partial charge in [0.15, 0.2) is 5.16 Å². The molecule has 0 bridgehead atoms. The Hall–Kier alpha value is -2.07. The Balaban J connectivity index is 2.13. The van der Waals surface area contributed by atoms with Crippen molar-refractivity contribution in [3.8, 4) is 16.9 Å². The van der Waals surface area contributed by atoms with Crippen LogP contribution < -0.4 is 0 Å². The van der Waals surface area contributed by atoms with Gasteiger partial charge < -0.3 is 0 Å². The summed E-state index contributed by atoms with van der Waals surface area (Å²) in [6.45, 7) is 0. The summed E-state index contributed by atoms with van der Waals surface area (Å²) in [6, 6.07) is 16.6. The zero-order chi connectivity index (χ0) is 13.9. The predicted molar refractivity (Wildman–Crippen MR) is 80.7 cm³/mol. The van der Waals surface area contributed by atoms with Gasteiger partial charge in [0.1, 0.15) is 5.82 Å². The van der Waals surface area contributed by atoms with Gasteiger partial charge in [0.05, 0.1) is 11.4 Å². The van der Waals surface area contributed by atoms with Gasteiger partial charge in [0.25, 0.3) is 0 Å². The molecule has 0 aliphatic rings. The first-order valence-electron chi connectivity index (χ1n) is 6.23. The van der Waals surface area contributed by atoms with Crippen molar-refractivity contribution in [1.82, 2.24) is 9.55 Å². The van der Waals surface area contributed by atoms with E-state index >= 15 is 0 Å². The average Bonchev–Trinajstić information content (AvgIpc) is 2.93. The Morgan fingerprint density at radius 3 is 2.40 bits per heavy atom. The fraction of sp³-hybridized carbons (Fsp3) is 0.0625. The van der Waals surface area contributed by atoms with Gasteiger partial charge in [-0.2, -0.15) is 0 Å². The number of thioether (sulfide) groups is 1. The van der Waals surface area contributed by atoms with E-state index in [1.165, 1.54) is 17.8 Å². The molecule has 0 aliphatic carbocycles. The van der Waals surface area contributed by atoms with Crippen molar-refractivity contribution in [3.63, 3.8) is 0 Å². The van der Waals surface area contributed by atoms with Crippen LogP contribution >= 0.6 is 11.8 Å². The molecular formula is C16H13FN2S. The van der Waals surface area contributed by atoms with Crippen LogP contribution in [0.5, 0.6) is 0 Å². The number of aromatic nitrogens is 2. The second-order valence-corrected chi connectivity index (χ2v) is 5.07. The third kappa shape index (κ3) is 2.34. The molecule has 2 nitrogen and oxygen atoms in total. The van der Waals surface area contributed by atoms with Gasteiger partial charge in [-0.1, -0.05) is 54.2 Å². The van der Waals surface area contributed by atoms with Gasteiger partial charge in [-0.15, -0.1) is 0 Å². The molecule has 1 aromatic heterocycles. The summed E-state index contributed by atoms with van der Waals surface area (Å²) >= 11 is 1.50. The van der Waals surface area contributed by atoms with E-state index in [-0.39, 0.29) is 5.82 Å². The maximum Gasteiger partial charge on any atom is 0.173 e. The van der Waals surface area contributed by atoms with Crippen molar-refractivity contribution >= 4 is 11.8 Å². The van der Waals surface area contributed by atoms with E-state index in [1.54, 1.807) is 16.7 Å². The lowest BCUT2D eigenvalue weighted by Gasteiger charge is -2.06. The molecule has 0 amide bonds. The minimum Gasteiger partial charge on any atom is -0.291 e. The molecule has 3 rings (SSSR count). The quantitative estimate of drug-likeness (QED) is 0.663. The number of hydrogen-bond acceptors (Lipinski definition) is 2. The van der Waals surface area contributed by atoms with E-state index in [0.717, 1.165) is 16.4 Å². The molecule has 0 atom stereocenters. The Bertz CT molecular complexity index is 722. The number of benzene rings is 2. The van der Waals surface area contributed by atoms with Gasteiger partial charge in [0.2, 0.25) is 0 Å². The highest BCUT2D eigenvalue weighted by Crippen LogP contribution is 2.26. The summed E-state index contributed by atoms with van der Waals surface area (Å²) in [7, 11) is 0. The van der Waals surface area contributed by atoms with Crippen LogP contribution in [-0.4, -0.2) is 15.8 Å². The molecule has 0 unspecified atom stereocenters. The van der Waals surface area contributed by atoms with Crippen molar-refractivity contribution < 1.29 is 4.39 Å². The van der Waals surface area contributed by atoms with Crippen molar-refractivity contribution in [2.45, 2.75) is 5.16 Å². The summed E-state index contributed by atoms with van der Waals surface area (Å²) in [5.74, 6) is -0.250. The van der Waals surface area contributed by atoms with Crippen molar-refractivity contribution in [2.75, 3.05) is 6.26 Å². The molecule has 0 saturated carbocycles. The summed E-state index contributed by atoms with van der Waals surface area (Å²) in [5, 5.41) is 0.772. The molecular weight excluding hydrogens is 271 g/mol. The maximum absolute atomic E-state index is 13.9. The van der Waals surface area contributed by atoms with E-state index < -0.39 is 0 Å². The van der Waals surface area contributed by atoms with Gasteiger partial charge in [-0.25, -0.2) is 9.37 Å². The van der Waals surface area contributed by atoms with E-state index in [4.69, 9.17) is 0 Å². The molecule has 0 radical (unpaired) electrons. The van der Waals surface area contributed by atoms with Crippen LogP contribution in [0.3, 0.4) is 0 Å². The lowest BCUT2D eigenvalue weighted by Crippen LogP contribution is -1.97. The van der Waals surface area contributed by atoms with Crippen molar-refractivity contribution in [1.29, 1.82) is 0 Å². The summed E-state index contributed by atoms with van der Waals surface area (Å²) in [6.07, 6.45) is 3.81. The fourth-order valence-corrected chi connectivity index (χ4v) is 2.61. The van der Waals surface area contributed by atoms with Gasteiger partial charge in [-0.05, 0) is 18.4 Å². The lowest BCUT2D eigenvalue weighted by atomic mass is 10.2. The topological polar surface area (TPSA) is 17.8 Å². The lowest BCUT2D eigenvalue weighted by molar-refractivity contribution is 0.613. The second-order valence-electron chi connectivity index (χ2n) is 4.30. The van der Waals surface area contributed by atoms with E-state index in [1.807, 2.05) is 48.9 Å². The maximum atomic E-state index is 13.9. The SMILES string of the molecule is CSc1nc(-c2ccccc2)cn1-c1ccccc1F. The van der Waals surface area contributed by atoms with Gasteiger partial charge in [-0.3, -0.25) is 4.57 Å². The first-order chi connectivity index (χ1) is 9.79. The molecule has 0 spiro atoms. The van der Waals surface area contributed by atoms with E-state index in [9.17, 15) is 4.39 Å². The summed E-state index contributed by atoms with van der Waals surface area (Å²) < 4.78 is 15.7. The zero-order valence-electron chi connectivity index (χ0n) is 11.0.